The average Bonchev–Trinajstić information content (AvgIpc) is 1.60. The molecule has 0 saturated carbocycles. The lowest BCUT2D eigenvalue weighted by atomic mass is 9.90. The quantitative estimate of drug-likeness (QED) is 0.600. The van der Waals surface area contributed by atoms with Gasteiger partial charge in [-0.1, -0.05) is 26.1 Å². The fraction of sp³-hybridized carbons (Fsp3) is 0.667. The fourth-order valence-corrected chi connectivity index (χ4v) is 0.537. The van der Waals surface area contributed by atoms with Crippen molar-refractivity contribution in [3.63, 3.8) is 0 Å². The molecule has 58 valence electrons. The van der Waals surface area contributed by atoms with Crippen LogP contribution in [-0.4, -0.2) is 16.1 Å². The van der Waals surface area contributed by atoms with Crippen molar-refractivity contribution >= 4 is 23.2 Å². The van der Waals surface area contributed by atoms with E-state index < -0.39 is 11.4 Å². The third kappa shape index (κ3) is 2.77. The van der Waals surface area contributed by atoms with Crippen LogP contribution in [0.3, 0.4) is 0 Å². The van der Waals surface area contributed by atoms with Gasteiger partial charge in [0.25, 0.3) is 0 Å². The maximum atomic E-state index is 10.2. The van der Waals surface area contributed by atoms with Crippen molar-refractivity contribution in [2.24, 2.45) is 11.1 Å². The van der Waals surface area contributed by atoms with Gasteiger partial charge in [0.2, 0.25) is 0 Å². The highest BCUT2D eigenvalue weighted by atomic mass is 32.1. The van der Waals surface area contributed by atoms with Crippen LogP contribution in [0.4, 0.5) is 0 Å². The molecule has 0 aliphatic rings. The summed E-state index contributed by atoms with van der Waals surface area (Å²) in [7, 11) is 0. The second-order valence-electron chi connectivity index (χ2n) is 2.82. The summed E-state index contributed by atoms with van der Waals surface area (Å²) in [6, 6.07) is 0. The van der Waals surface area contributed by atoms with Crippen molar-refractivity contribution in [2.45, 2.75) is 20.3 Å². The highest BCUT2D eigenvalue weighted by Crippen LogP contribution is 2.19. The van der Waals surface area contributed by atoms with E-state index in [1.54, 1.807) is 13.8 Å². The fourth-order valence-electron chi connectivity index (χ4n) is 0.465. The minimum atomic E-state index is -0.877. The molecule has 0 amide bonds. The molecule has 0 aromatic rings. The first-order valence-corrected chi connectivity index (χ1v) is 3.29. The minimum Gasteiger partial charge on any atom is -0.481 e. The van der Waals surface area contributed by atoms with Crippen molar-refractivity contribution in [2.75, 3.05) is 0 Å². The highest BCUT2D eigenvalue weighted by molar-refractivity contribution is 7.80. The first-order valence-electron chi connectivity index (χ1n) is 2.88. The lowest BCUT2D eigenvalue weighted by Crippen LogP contribution is -2.31. The van der Waals surface area contributed by atoms with E-state index in [0.717, 1.165) is 0 Å². The number of hydrogen-bond acceptors (Lipinski definition) is 2. The van der Waals surface area contributed by atoms with E-state index in [0.29, 0.717) is 0 Å². The minimum absolute atomic E-state index is 0.0116. The third-order valence-electron chi connectivity index (χ3n) is 1.26. The largest absolute Gasteiger partial charge is 0.481 e. The van der Waals surface area contributed by atoms with Crippen LogP contribution in [0.1, 0.15) is 20.3 Å². The number of thiocarbonyl (C=S) groups is 1. The Labute approximate surface area is 65.2 Å². The Kier molecular flexibility index (Phi) is 2.77. The van der Waals surface area contributed by atoms with Crippen LogP contribution in [0.5, 0.6) is 0 Å². The van der Waals surface area contributed by atoms with Crippen molar-refractivity contribution < 1.29 is 9.90 Å². The number of carboxylic acids is 1. The molecule has 4 heteroatoms. The second-order valence-corrected chi connectivity index (χ2v) is 3.26. The molecule has 3 nitrogen and oxygen atoms in total. The molecule has 0 fully saturated rings. The molecule has 0 spiro atoms. The predicted octanol–water partition coefficient (Wildman–Crippen LogP) is 0.773. The molecule has 0 heterocycles. The average molecular weight is 161 g/mol. The van der Waals surface area contributed by atoms with Gasteiger partial charge in [-0.25, -0.2) is 0 Å². The van der Waals surface area contributed by atoms with Gasteiger partial charge >= 0.3 is 5.97 Å². The Bertz CT molecular complexity index is 165. The van der Waals surface area contributed by atoms with Crippen molar-refractivity contribution in [1.29, 1.82) is 0 Å². The summed E-state index contributed by atoms with van der Waals surface area (Å²) >= 11 is 4.66. The van der Waals surface area contributed by atoms with Gasteiger partial charge in [0, 0.05) is 5.41 Å². The van der Waals surface area contributed by atoms with Crippen LogP contribution in [-0.2, 0) is 4.79 Å². The van der Waals surface area contributed by atoms with E-state index in [-0.39, 0.29) is 11.4 Å². The van der Waals surface area contributed by atoms with Crippen LogP contribution in [0.2, 0.25) is 0 Å². The summed E-state index contributed by atoms with van der Waals surface area (Å²) in [4.78, 5) is 10.4. The zero-order valence-electron chi connectivity index (χ0n) is 6.05. The molecule has 0 aromatic heterocycles. The third-order valence-corrected chi connectivity index (χ3v) is 1.81. The maximum Gasteiger partial charge on any atom is 0.304 e. The molecule has 0 aliphatic heterocycles. The summed E-state index contributed by atoms with van der Waals surface area (Å²) in [5, 5.41) is 8.38. The number of hydrogen-bond donors (Lipinski definition) is 2. The van der Waals surface area contributed by atoms with E-state index in [1.807, 2.05) is 0 Å². The topological polar surface area (TPSA) is 63.3 Å². The van der Waals surface area contributed by atoms with E-state index in [9.17, 15) is 4.79 Å². The lowest BCUT2D eigenvalue weighted by molar-refractivity contribution is -0.138. The van der Waals surface area contributed by atoms with Gasteiger partial charge in [0.05, 0.1) is 11.4 Å². The molecular formula is C6H11NO2S. The lowest BCUT2D eigenvalue weighted by Gasteiger charge is -2.19. The molecule has 3 N–H and O–H groups in total. The molecule has 0 radical (unpaired) electrons. The Morgan fingerprint density at radius 1 is 1.70 bits per heavy atom. The molecule has 0 unspecified atom stereocenters. The second kappa shape index (κ2) is 2.96. The van der Waals surface area contributed by atoms with Crippen molar-refractivity contribution in [1.82, 2.24) is 0 Å². The number of carbonyl (C=O) groups is 1. The first kappa shape index (κ1) is 9.36. The monoisotopic (exact) mass is 161 g/mol. The molecule has 10 heavy (non-hydrogen) atoms. The Morgan fingerprint density at radius 3 is 2.20 bits per heavy atom. The van der Waals surface area contributed by atoms with Gasteiger partial charge in [-0.15, -0.1) is 0 Å². The van der Waals surface area contributed by atoms with Crippen LogP contribution in [0, 0.1) is 5.41 Å². The van der Waals surface area contributed by atoms with Crippen LogP contribution in [0.25, 0.3) is 0 Å². The Hall–Kier alpha value is -0.640. The van der Waals surface area contributed by atoms with Gasteiger partial charge in [-0.2, -0.15) is 0 Å². The van der Waals surface area contributed by atoms with Crippen LogP contribution in [0.15, 0.2) is 0 Å². The molecule has 0 aliphatic carbocycles. The molecular weight excluding hydrogens is 150 g/mol. The highest BCUT2D eigenvalue weighted by Gasteiger charge is 2.24. The van der Waals surface area contributed by atoms with Crippen LogP contribution < -0.4 is 5.73 Å². The van der Waals surface area contributed by atoms with Gasteiger partial charge in [-0.3, -0.25) is 4.79 Å². The van der Waals surface area contributed by atoms with Gasteiger partial charge in [0.1, 0.15) is 0 Å². The first-order chi connectivity index (χ1) is 4.36. The van der Waals surface area contributed by atoms with E-state index in [2.05, 4.69) is 12.2 Å². The van der Waals surface area contributed by atoms with Gasteiger partial charge < -0.3 is 10.8 Å². The number of aliphatic carboxylic acids is 1. The zero-order valence-corrected chi connectivity index (χ0v) is 6.86. The summed E-state index contributed by atoms with van der Waals surface area (Å²) < 4.78 is 0. The molecule has 0 saturated heterocycles. The number of rotatable bonds is 3. The van der Waals surface area contributed by atoms with Crippen LogP contribution >= 0.6 is 12.2 Å². The summed E-state index contributed by atoms with van der Waals surface area (Å²) in [6.45, 7) is 3.42. The standard InChI is InChI=1S/C6H11NO2S/c1-6(2,5(7)10)3-4(8)9/h3H2,1-2H3,(H2,7,10)(H,8,9). The summed E-state index contributed by atoms with van der Waals surface area (Å²) in [5.74, 6) is -0.877. The van der Waals surface area contributed by atoms with Crippen molar-refractivity contribution in [3.05, 3.63) is 0 Å². The van der Waals surface area contributed by atoms with E-state index >= 15 is 0 Å². The number of carboxylic acid groups (broad SMARTS) is 1. The van der Waals surface area contributed by atoms with E-state index in [4.69, 9.17) is 10.8 Å². The normalized spacial score (nSPS) is 11.0. The smallest absolute Gasteiger partial charge is 0.304 e. The summed E-state index contributed by atoms with van der Waals surface area (Å²) in [5.41, 5.74) is 4.72. The molecule has 0 atom stereocenters. The Balaban J connectivity index is 4.13. The van der Waals surface area contributed by atoms with E-state index in [1.165, 1.54) is 0 Å². The Morgan fingerprint density at radius 2 is 2.10 bits per heavy atom. The number of nitrogens with two attached hydrogens (primary N) is 1. The molecule has 0 bridgehead atoms. The SMILES string of the molecule is CC(C)(CC(=O)O)C(N)=S. The maximum absolute atomic E-state index is 10.2. The molecule has 0 rings (SSSR count). The predicted molar refractivity (Wildman–Crippen MR) is 42.8 cm³/mol. The van der Waals surface area contributed by atoms with Crippen molar-refractivity contribution in [3.8, 4) is 0 Å². The van der Waals surface area contributed by atoms with Gasteiger partial charge in [-0.05, 0) is 0 Å². The molecule has 0 aromatic carbocycles. The summed E-state index contributed by atoms with van der Waals surface area (Å²) in [6.07, 6.45) is -0.0116. The zero-order chi connectivity index (χ0) is 8.36. The van der Waals surface area contributed by atoms with Gasteiger partial charge in [0.15, 0.2) is 0 Å².